The van der Waals surface area contributed by atoms with E-state index in [0.29, 0.717) is 0 Å². The van der Waals surface area contributed by atoms with Gasteiger partial charge in [0.2, 0.25) is 0 Å². The van der Waals surface area contributed by atoms with Crippen LogP contribution in [0, 0.1) is 5.92 Å². The molecule has 10 heavy (non-hydrogen) atoms. The monoisotopic (exact) mass is 139 g/mol. The number of hydrogen-bond acceptors (Lipinski definition) is 1. The molecule has 1 aliphatic rings. The fourth-order valence-electron chi connectivity index (χ4n) is 1.68. The summed E-state index contributed by atoms with van der Waals surface area (Å²) in [6.07, 6.45) is 8.38. The predicted molar refractivity (Wildman–Crippen MR) is 45.0 cm³/mol. The first kappa shape index (κ1) is 7.80. The largest absolute Gasteiger partial charge is 0.316 e. The number of rotatable bonds is 2. The molecule has 58 valence electrons. The van der Waals surface area contributed by atoms with Crippen LogP contribution in [0.3, 0.4) is 0 Å². The molecule has 0 spiro atoms. The van der Waals surface area contributed by atoms with Gasteiger partial charge >= 0.3 is 0 Å². The molecule has 0 aromatic heterocycles. The Balaban J connectivity index is 2.45. The van der Waals surface area contributed by atoms with Crippen LogP contribution in [-0.2, 0) is 0 Å². The zero-order chi connectivity index (χ0) is 7.40. The molecule has 0 aromatic rings. The Morgan fingerprint density at radius 1 is 1.40 bits per heavy atom. The van der Waals surface area contributed by atoms with Crippen LogP contribution in [0.4, 0.5) is 0 Å². The fraction of sp³-hybridized carbons (Fsp3) is 0.778. The Morgan fingerprint density at radius 3 is 2.60 bits per heavy atom. The van der Waals surface area contributed by atoms with Crippen LogP contribution in [0.1, 0.15) is 26.2 Å². The van der Waals surface area contributed by atoms with Crippen molar-refractivity contribution in [1.82, 2.24) is 5.32 Å². The summed E-state index contributed by atoms with van der Waals surface area (Å²) in [6, 6.07) is 0.731. The van der Waals surface area contributed by atoms with Crippen molar-refractivity contribution in [2.24, 2.45) is 5.92 Å². The summed E-state index contributed by atoms with van der Waals surface area (Å²) in [5, 5.41) is 3.35. The van der Waals surface area contributed by atoms with Crippen LogP contribution in [0.2, 0.25) is 0 Å². The van der Waals surface area contributed by atoms with Crippen LogP contribution in [0.5, 0.6) is 0 Å². The van der Waals surface area contributed by atoms with E-state index in [4.69, 9.17) is 0 Å². The molecule has 1 rings (SSSR count). The highest BCUT2D eigenvalue weighted by atomic mass is 14.9. The van der Waals surface area contributed by atoms with Gasteiger partial charge in [0.1, 0.15) is 0 Å². The zero-order valence-electron chi connectivity index (χ0n) is 6.93. The predicted octanol–water partition coefficient (Wildman–Crippen LogP) is 1.95. The summed E-state index contributed by atoms with van der Waals surface area (Å²) in [4.78, 5) is 0. The second kappa shape index (κ2) is 3.77. The molecule has 0 aliphatic heterocycles. The van der Waals surface area contributed by atoms with E-state index < -0.39 is 0 Å². The van der Waals surface area contributed by atoms with E-state index in [9.17, 15) is 0 Å². The molecule has 0 fully saturated rings. The second-order valence-corrected chi connectivity index (χ2v) is 3.01. The lowest BCUT2D eigenvalue weighted by Gasteiger charge is -2.26. The first-order chi connectivity index (χ1) is 4.88. The van der Waals surface area contributed by atoms with E-state index in [0.717, 1.165) is 12.0 Å². The van der Waals surface area contributed by atoms with Crippen LogP contribution < -0.4 is 5.32 Å². The summed E-state index contributed by atoms with van der Waals surface area (Å²) in [5.41, 5.74) is 0. The van der Waals surface area contributed by atoms with Gasteiger partial charge in [-0.25, -0.2) is 0 Å². The van der Waals surface area contributed by atoms with E-state index in [1.807, 2.05) is 0 Å². The average molecular weight is 139 g/mol. The topological polar surface area (TPSA) is 12.0 Å². The Bertz CT molecular complexity index is 104. The molecule has 1 N–H and O–H groups in total. The molecule has 0 bridgehead atoms. The molecular weight excluding hydrogens is 122 g/mol. The van der Waals surface area contributed by atoms with Crippen molar-refractivity contribution in [2.45, 2.75) is 32.2 Å². The van der Waals surface area contributed by atoms with E-state index in [-0.39, 0.29) is 0 Å². The third kappa shape index (κ3) is 1.60. The van der Waals surface area contributed by atoms with Gasteiger partial charge in [0, 0.05) is 6.04 Å². The van der Waals surface area contributed by atoms with Crippen LogP contribution in [-0.4, -0.2) is 13.1 Å². The lowest BCUT2D eigenvalue weighted by molar-refractivity contribution is 0.353. The van der Waals surface area contributed by atoms with Crippen LogP contribution in [0.25, 0.3) is 0 Å². The summed E-state index contributed by atoms with van der Waals surface area (Å²) in [7, 11) is 2.06. The van der Waals surface area contributed by atoms with Crippen LogP contribution >= 0.6 is 0 Å². The minimum Gasteiger partial charge on any atom is -0.316 e. The standard InChI is InChI=1S/C9H17N/c1-3-8-6-4-5-7-9(8)10-2/h4-5,8-10H,3,6-7H2,1-2H3. The fourth-order valence-corrected chi connectivity index (χ4v) is 1.68. The van der Waals surface area contributed by atoms with Gasteiger partial charge in [0.15, 0.2) is 0 Å². The van der Waals surface area contributed by atoms with E-state index >= 15 is 0 Å². The van der Waals surface area contributed by atoms with E-state index in [2.05, 4.69) is 31.4 Å². The van der Waals surface area contributed by atoms with Gasteiger partial charge < -0.3 is 5.32 Å². The molecule has 0 heterocycles. The smallest absolute Gasteiger partial charge is 0.0130 e. The second-order valence-electron chi connectivity index (χ2n) is 3.01. The molecule has 1 heteroatoms. The number of nitrogens with one attached hydrogen (secondary N) is 1. The molecular formula is C9H17N. The molecule has 0 saturated heterocycles. The minimum atomic E-state index is 0.731. The SMILES string of the molecule is CCC1CC=CCC1NC. The van der Waals surface area contributed by atoms with Crippen molar-refractivity contribution in [2.75, 3.05) is 7.05 Å². The average Bonchev–Trinajstić information content (AvgIpc) is 2.04. The number of hydrogen-bond donors (Lipinski definition) is 1. The summed E-state index contributed by atoms with van der Waals surface area (Å²) in [6.45, 7) is 2.27. The molecule has 0 radical (unpaired) electrons. The van der Waals surface area contributed by atoms with Crippen molar-refractivity contribution >= 4 is 0 Å². The normalized spacial score (nSPS) is 32.6. The zero-order valence-corrected chi connectivity index (χ0v) is 6.93. The first-order valence-electron chi connectivity index (χ1n) is 4.20. The number of allylic oxidation sites excluding steroid dienone is 1. The van der Waals surface area contributed by atoms with Crippen molar-refractivity contribution in [3.63, 3.8) is 0 Å². The van der Waals surface area contributed by atoms with E-state index in [1.165, 1.54) is 19.3 Å². The van der Waals surface area contributed by atoms with Gasteiger partial charge in [-0.05, 0) is 25.8 Å². The first-order valence-corrected chi connectivity index (χ1v) is 4.20. The molecule has 2 unspecified atom stereocenters. The van der Waals surface area contributed by atoms with Crippen molar-refractivity contribution in [1.29, 1.82) is 0 Å². The molecule has 0 amide bonds. The van der Waals surface area contributed by atoms with E-state index in [1.54, 1.807) is 0 Å². The van der Waals surface area contributed by atoms with Gasteiger partial charge in [-0.1, -0.05) is 25.5 Å². The van der Waals surface area contributed by atoms with Gasteiger partial charge in [-0.3, -0.25) is 0 Å². The molecule has 2 atom stereocenters. The van der Waals surface area contributed by atoms with Crippen molar-refractivity contribution < 1.29 is 0 Å². The Labute approximate surface area is 63.5 Å². The minimum absolute atomic E-state index is 0.731. The van der Waals surface area contributed by atoms with Gasteiger partial charge in [-0.2, -0.15) is 0 Å². The lowest BCUT2D eigenvalue weighted by atomic mass is 9.87. The Hall–Kier alpha value is -0.300. The third-order valence-electron chi connectivity index (χ3n) is 2.46. The molecule has 1 aliphatic carbocycles. The highest BCUT2D eigenvalue weighted by molar-refractivity contribution is 4.96. The molecule has 1 nitrogen and oxygen atoms in total. The van der Waals surface area contributed by atoms with Gasteiger partial charge in [0.25, 0.3) is 0 Å². The van der Waals surface area contributed by atoms with Gasteiger partial charge in [0.05, 0.1) is 0 Å². The maximum atomic E-state index is 3.35. The highest BCUT2D eigenvalue weighted by Gasteiger charge is 2.17. The summed E-state index contributed by atoms with van der Waals surface area (Å²) < 4.78 is 0. The quantitative estimate of drug-likeness (QED) is 0.577. The Kier molecular flexibility index (Phi) is 2.94. The van der Waals surface area contributed by atoms with Gasteiger partial charge in [-0.15, -0.1) is 0 Å². The summed E-state index contributed by atoms with van der Waals surface area (Å²) in [5.74, 6) is 0.870. The molecule has 0 aromatic carbocycles. The Morgan fingerprint density at radius 2 is 2.10 bits per heavy atom. The highest BCUT2D eigenvalue weighted by Crippen LogP contribution is 2.21. The maximum absolute atomic E-state index is 3.35. The van der Waals surface area contributed by atoms with Crippen molar-refractivity contribution in [3.05, 3.63) is 12.2 Å². The third-order valence-corrected chi connectivity index (χ3v) is 2.46. The van der Waals surface area contributed by atoms with Crippen LogP contribution in [0.15, 0.2) is 12.2 Å². The van der Waals surface area contributed by atoms with Crippen molar-refractivity contribution in [3.8, 4) is 0 Å². The maximum Gasteiger partial charge on any atom is 0.0130 e. The summed E-state index contributed by atoms with van der Waals surface area (Å²) >= 11 is 0. The molecule has 0 saturated carbocycles. The lowest BCUT2D eigenvalue weighted by Crippen LogP contribution is -2.34.